The molecule has 7 nitrogen and oxygen atoms in total. The maximum atomic E-state index is 14.0. The Labute approximate surface area is 160 Å². The third-order valence-electron chi connectivity index (χ3n) is 4.03. The molecule has 1 N–H and O–H groups in total. The summed E-state index contributed by atoms with van der Waals surface area (Å²) in [5.74, 6) is -1.74. The average molecular weight is 396 g/mol. The van der Waals surface area contributed by atoms with Gasteiger partial charge in [0, 0.05) is 29.6 Å². The van der Waals surface area contributed by atoms with Gasteiger partial charge in [-0.05, 0) is 46.5 Å². The maximum Gasteiger partial charge on any atom is 0.213 e. The van der Waals surface area contributed by atoms with Crippen LogP contribution in [0.2, 0.25) is 0 Å². The first kappa shape index (κ1) is 17.8. The van der Waals surface area contributed by atoms with E-state index >= 15 is 0 Å². The van der Waals surface area contributed by atoms with E-state index in [1.54, 1.807) is 25.2 Å². The molecule has 28 heavy (non-hydrogen) atoms. The second-order valence-electron chi connectivity index (χ2n) is 5.87. The fraction of sp³-hybridized carbons (Fsp3) is 0.0556. The summed E-state index contributed by atoms with van der Waals surface area (Å²) in [6.07, 6.45) is 0. The Kier molecular flexibility index (Phi) is 4.37. The second kappa shape index (κ2) is 6.86. The number of tetrazole rings is 1. The number of fused-ring (bicyclic) bond motifs is 1. The van der Waals surface area contributed by atoms with E-state index in [9.17, 15) is 18.8 Å². The number of hydrogen-bond donors (Lipinski definition) is 1. The van der Waals surface area contributed by atoms with Gasteiger partial charge in [-0.25, -0.2) is 13.5 Å². The van der Waals surface area contributed by atoms with Crippen molar-refractivity contribution in [3.05, 3.63) is 63.8 Å². The summed E-state index contributed by atoms with van der Waals surface area (Å²) in [6.45, 7) is 0. The molecule has 0 saturated heterocycles. The molecule has 4 rings (SSSR count). The van der Waals surface area contributed by atoms with Crippen LogP contribution in [0.3, 0.4) is 0 Å². The molecule has 0 bridgehead atoms. The lowest BCUT2D eigenvalue weighted by Crippen LogP contribution is -2.06. The number of benzene rings is 2. The zero-order valence-corrected chi connectivity index (χ0v) is 15.1. The first-order valence-electron chi connectivity index (χ1n) is 7.93. The number of nitriles is 1. The molecule has 0 unspecified atom stereocenters. The van der Waals surface area contributed by atoms with Crippen molar-refractivity contribution >= 4 is 22.7 Å². The maximum absolute atomic E-state index is 14.0. The Morgan fingerprint density at radius 1 is 1.21 bits per heavy atom. The van der Waals surface area contributed by atoms with Crippen molar-refractivity contribution in [3.8, 4) is 17.3 Å². The van der Waals surface area contributed by atoms with E-state index in [4.69, 9.17) is 0 Å². The number of aromatic nitrogens is 5. The number of nitrogens with zero attached hydrogens (tertiary/aromatic N) is 5. The molecule has 0 aliphatic heterocycles. The van der Waals surface area contributed by atoms with E-state index in [1.807, 2.05) is 6.07 Å². The summed E-state index contributed by atoms with van der Waals surface area (Å²) in [5, 5.41) is 20.7. The summed E-state index contributed by atoms with van der Waals surface area (Å²) in [6, 6.07) is 9.87. The summed E-state index contributed by atoms with van der Waals surface area (Å²) in [7, 11) is 1.68. The molecule has 0 amide bonds. The van der Waals surface area contributed by atoms with E-state index < -0.39 is 17.1 Å². The third-order valence-corrected chi connectivity index (χ3v) is 5.13. The minimum absolute atomic E-state index is 0.0265. The van der Waals surface area contributed by atoms with Crippen LogP contribution in [0.15, 0.2) is 51.2 Å². The zero-order chi connectivity index (χ0) is 19.8. The van der Waals surface area contributed by atoms with Gasteiger partial charge in [-0.1, -0.05) is 0 Å². The quantitative estimate of drug-likeness (QED) is 0.571. The number of rotatable bonds is 3. The molecule has 10 heteroatoms. The lowest BCUT2D eigenvalue weighted by atomic mass is 10.1. The minimum atomic E-state index is -0.937. The van der Waals surface area contributed by atoms with Gasteiger partial charge in [0.25, 0.3) is 0 Å². The Hall–Kier alpha value is -3.58. The SMILES string of the molecule is Cn1nnnc1Sc1ccc(C#N)cc1-c1cc(=O)c2c(F)cc(F)cc2[nH]1. The highest BCUT2D eigenvalue weighted by atomic mass is 32.2. The Morgan fingerprint density at radius 3 is 2.75 bits per heavy atom. The van der Waals surface area contributed by atoms with E-state index in [0.29, 0.717) is 32.9 Å². The average Bonchev–Trinajstić information content (AvgIpc) is 3.05. The summed E-state index contributed by atoms with van der Waals surface area (Å²) < 4.78 is 29.1. The highest BCUT2D eigenvalue weighted by molar-refractivity contribution is 7.99. The van der Waals surface area contributed by atoms with Gasteiger partial charge in [0.1, 0.15) is 11.6 Å². The smallest absolute Gasteiger partial charge is 0.213 e. The Balaban J connectivity index is 1.94. The van der Waals surface area contributed by atoms with Crippen LogP contribution in [0.5, 0.6) is 0 Å². The predicted molar refractivity (Wildman–Crippen MR) is 97.6 cm³/mol. The zero-order valence-electron chi connectivity index (χ0n) is 14.3. The molecule has 0 aliphatic rings. The lowest BCUT2D eigenvalue weighted by molar-refractivity contribution is 0.591. The fourth-order valence-electron chi connectivity index (χ4n) is 2.76. The van der Waals surface area contributed by atoms with E-state index in [-0.39, 0.29) is 10.9 Å². The second-order valence-corrected chi connectivity index (χ2v) is 6.88. The molecule has 0 spiro atoms. The van der Waals surface area contributed by atoms with Crippen molar-refractivity contribution in [2.75, 3.05) is 0 Å². The molecule has 0 atom stereocenters. The number of aromatic amines is 1. The Bertz CT molecular complexity index is 1320. The lowest BCUT2D eigenvalue weighted by Gasteiger charge is -2.11. The molecular formula is C18H10F2N6OS. The standard InChI is InChI=1S/C18H10F2N6OS/c1-26-18(23-24-25-26)28-16-3-2-9(8-21)4-11(16)13-7-15(27)17-12(20)5-10(19)6-14(17)22-13/h2-7H,1H3,(H,22,27). The first-order valence-corrected chi connectivity index (χ1v) is 8.74. The van der Waals surface area contributed by atoms with Gasteiger partial charge in [0.2, 0.25) is 5.16 Å². The number of pyridine rings is 1. The summed E-state index contributed by atoms with van der Waals surface area (Å²) >= 11 is 1.23. The first-order chi connectivity index (χ1) is 13.5. The van der Waals surface area contributed by atoms with Crippen LogP contribution in [-0.2, 0) is 7.05 Å². The normalized spacial score (nSPS) is 10.9. The van der Waals surface area contributed by atoms with Gasteiger partial charge in [0.05, 0.1) is 28.2 Å². The molecule has 2 aromatic heterocycles. The highest BCUT2D eigenvalue weighted by Gasteiger charge is 2.15. The van der Waals surface area contributed by atoms with Crippen molar-refractivity contribution in [2.45, 2.75) is 10.1 Å². The van der Waals surface area contributed by atoms with Crippen LogP contribution in [-0.4, -0.2) is 25.2 Å². The van der Waals surface area contributed by atoms with Crippen LogP contribution < -0.4 is 5.43 Å². The molecule has 4 aromatic rings. The van der Waals surface area contributed by atoms with Crippen molar-refractivity contribution < 1.29 is 8.78 Å². The van der Waals surface area contributed by atoms with Gasteiger partial charge >= 0.3 is 0 Å². The number of H-pyrrole nitrogens is 1. The van der Waals surface area contributed by atoms with Crippen LogP contribution in [0, 0.1) is 23.0 Å². The molecular weight excluding hydrogens is 386 g/mol. The largest absolute Gasteiger partial charge is 0.354 e. The summed E-state index contributed by atoms with van der Waals surface area (Å²) in [5.41, 5.74) is 0.619. The number of aryl methyl sites for hydroxylation is 1. The monoisotopic (exact) mass is 396 g/mol. The van der Waals surface area contributed by atoms with Crippen molar-refractivity contribution in [3.63, 3.8) is 0 Å². The molecule has 0 radical (unpaired) electrons. The minimum Gasteiger partial charge on any atom is -0.354 e. The van der Waals surface area contributed by atoms with Gasteiger partial charge in [-0.2, -0.15) is 5.26 Å². The van der Waals surface area contributed by atoms with Crippen molar-refractivity contribution in [1.82, 2.24) is 25.2 Å². The third kappa shape index (κ3) is 3.12. The van der Waals surface area contributed by atoms with Gasteiger partial charge in [0.15, 0.2) is 5.43 Å². The van der Waals surface area contributed by atoms with Crippen LogP contribution in [0.25, 0.3) is 22.2 Å². The molecule has 2 aromatic carbocycles. The van der Waals surface area contributed by atoms with Crippen LogP contribution in [0.4, 0.5) is 8.78 Å². The topological polar surface area (TPSA) is 100 Å². The van der Waals surface area contributed by atoms with Gasteiger partial charge in [-0.15, -0.1) is 5.10 Å². The predicted octanol–water partition coefficient (Wildman–Crippen LogP) is 3.02. The fourth-order valence-corrected chi connectivity index (χ4v) is 3.61. The number of halogens is 2. The number of hydrogen-bond acceptors (Lipinski definition) is 6. The molecule has 138 valence electrons. The summed E-state index contributed by atoms with van der Waals surface area (Å²) in [4.78, 5) is 16.0. The van der Waals surface area contributed by atoms with Crippen molar-refractivity contribution in [2.24, 2.45) is 7.05 Å². The molecule has 0 aliphatic carbocycles. The van der Waals surface area contributed by atoms with Gasteiger partial charge < -0.3 is 4.98 Å². The van der Waals surface area contributed by atoms with Gasteiger partial charge in [-0.3, -0.25) is 4.79 Å². The van der Waals surface area contributed by atoms with E-state index in [2.05, 4.69) is 20.5 Å². The van der Waals surface area contributed by atoms with E-state index in [1.165, 1.54) is 22.5 Å². The van der Waals surface area contributed by atoms with Crippen molar-refractivity contribution in [1.29, 1.82) is 5.26 Å². The van der Waals surface area contributed by atoms with E-state index in [0.717, 1.165) is 6.07 Å². The molecule has 0 fully saturated rings. The number of nitrogens with one attached hydrogen (secondary N) is 1. The highest BCUT2D eigenvalue weighted by Crippen LogP contribution is 2.35. The van der Waals surface area contributed by atoms with Crippen LogP contribution in [0.1, 0.15) is 5.56 Å². The Morgan fingerprint density at radius 2 is 2.04 bits per heavy atom. The molecule has 0 saturated carbocycles. The molecule has 2 heterocycles. The van der Waals surface area contributed by atoms with Crippen LogP contribution >= 0.6 is 11.8 Å².